The highest BCUT2D eigenvalue weighted by atomic mass is 32.2. The molecule has 2 heterocycles. The van der Waals surface area contributed by atoms with Crippen molar-refractivity contribution in [1.29, 1.82) is 0 Å². The third kappa shape index (κ3) is 4.92. The molecule has 0 fully saturated rings. The van der Waals surface area contributed by atoms with Crippen LogP contribution in [0.5, 0.6) is 0 Å². The topological polar surface area (TPSA) is 76.0 Å². The van der Waals surface area contributed by atoms with Gasteiger partial charge in [-0.15, -0.1) is 11.3 Å². The Bertz CT molecular complexity index is 635. The maximum absolute atomic E-state index is 12.2. The number of hydrogen-bond donors (Lipinski definition) is 2. The summed E-state index contributed by atoms with van der Waals surface area (Å²) < 4.78 is 28.7. The first-order chi connectivity index (χ1) is 10.1. The number of hydrogen-bond acceptors (Lipinski definition) is 5. The third-order valence-corrected chi connectivity index (χ3v) is 5.41. The van der Waals surface area contributed by atoms with Crippen LogP contribution in [0, 0.1) is 0 Å². The van der Waals surface area contributed by atoms with Crippen LogP contribution in [0.3, 0.4) is 0 Å². The number of rotatable bonds is 9. The Morgan fingerprint density at radius 2 is 2.24 bits per heavy atom. The van der Waals surface area contributed by atoms with Crippen LogP contribution >= 0.6 is 11.3 Å². The van der Waals surface area contributed by atoms with Gasteiger partial charge in [-0.25, -0.2) is 18.1 Å². The first-order valence-electron chi connectivity index (χ1n) is 6.85. The summed E-state index contributed by atoms with van der Waals surface area (Å²) in [7, 11) is -3.42. The molecule has 6 nitrogen and oxygen atoms in total. The average molecular weight is 328 g/mol. The molecule has 0 saturated heterocycles. The molecular weight excluding hydrogens is 308 g/mol. The first kappa shape index (κ1) is 16.2. The first-order valence-corrected chi connectivity index (χ1v) is 9.21. The van der Waals surface area contributed by atoms with Crippen molar-refractivity contribution in [2.45, 2.75) is 31.3 Å². The molecule has 2 aromatic heterocycles. The highest BCUT2D eigenvalue weighted by Gasteiger charge is 2.15. The summed E-state index contributed by atoms with van der Waals surface area (Å²) in [5.74, 6) is 0. The van der Waals surface area contributed by atoms with E-state index in [0.29, 0.717) is 24.5 Å². The fourth-order valence-corrected chi connectivity index (χ4v) is 4.06. The van der Waals surface area contributed by atoms with E-state index in [-0.39, 0.29) is 0 Å². The van der Waals surface area contributed by atoms with Gasteiger partial charge in [-0.3, -0.25) is 0 Å². The largest absolute Gasteiger partial charge is 0.336 e. The van der Waals surface area contributed by atoms with Crippen LogP contribution in [0.2, 0.25) is 0 Å². The van der Waals surface area contributed by atoms with Crippen LogP contribution in [0.15, 0.2) is 35.1 Å². The van der Waals surface area contributed by atoms with Gasteiger partial charge >= 0.3 is 0 Å². The molecule has 0 amide bonds. The summed E-state index contributed by atoms with van der Waals surface area (Å²) in [6, 6.07) is 1.73. The van der Waals surface area contributed by atoms with Gasteiger partial charge in [-0.1, -0.05) is 6.92 Å². The second-order valence-corrected chi connectivity index (χ2v) is 7.39. The molecule has 0 aromatic carbocycles. The second-order valence-electron chi connectivity index (χ2n) is 4.62. The number of nitrogens with zero attached hydrogens (tertiary/aromatic N) is 2. The van der Waals surface area contributed by atoms with Crippen molar-refractivity contribution in [3.8, 4) is 0 Å². The third-order valence-electron chi connectivity index (χ3n) is 2.89. The maximum atomic E-state index is 12.2. The van der Waals surface area contributed by atoms with Crippen LogP contribution in [-0.4, -0.2) is 31.1 Å². The predicted molar refractivity (Wildman–Crippen MR) is 83.7 cm³/mol. The molecule has 2 rings (SSSR count). The summed E-state index contributed by atoms with van der Waals surface area (Å²) in [5.41, 5.74) is 0. The minimum Gasteiger partial charge on any atom is -0.336 e. The van der Waals surface area contributed by atoms with Gasteiger partial charge in [0.1, 0.15) is 0 Å². The van der Waals surface area contributed by atoms with Crippen LogP contribution in [0.1, 0.15) is 18.2 Å². The van der Waals surface area contributed by atoms with Gasteiger partial charge in [0, 0.05) is 42.3 Å². The van der Waals surface area contributed by atoms with E-state index in [0.717, 1.165) is 17.8 Å². The van der Waals surface area contributed by atoms with Gasteiger partial charge in [0.2, 0.25) is 10.0 Å². The van der Waals surface area contributed by atoms with Gasteiger partial charge in [0.05, 0.1) is 11.2 Å². The fraction of sp³-hybridized carbons (Fsp3) is 0.462. The summed E-state index contributed by atoms with van der Waals surface area (Å²) in [4.78, 5) is 5.28. The summed E-state index contributed by atoms with van der Waals surface area (Å²) in [5, 5.41) is 4.95. The van der Waals surface area contributed by atoms with E-state index in [2.05, 4.69) is 21.9 Å². The van der Waals surface area contributed by atoms with Crippen LogP contribution < -0.4 is 10.0 Å². The van der Waals surface area contributed by atoms with E-state index in [1.54, 1.807) is 30.2 Å². The molecule has 0 saturated carbocycles. The van der Waals surface area contributed by atoms with Gasteiger partial charge in [0.25, 0.3) is 0 Å². The van der Waals surface area contributed by atoms with Crippen molar-refractivity contribution in [3.05, 3.63) is 35.0 Å². The minimum absolute atomic E-state index is 0.339. The Balaban J connectivity index is 1.86. The quantitative estimate of drug-likeness (QED) is 0.683. The summed E-state index contributed by atoms with van der Waals surface area (Å²) in [6.45, 7) is 4.65. The Hall–Kier alpha value is -1.22. The van der Waals surface area contributed by atoms with Crippen molar-refractivity contribution >= 4 is 21.4 Å². The Labute approximate surface area is 129 Å². The van der Waals surface area contributed by atoms with Crippen LogP contribution in [-0.2, 0) is 23.1 Å². The predicted octanol–water partition coefficient (Wildman–Crippen LogP) is 1.42. The molecule has 116 valence electrons. The Morgan fingerprint density at radius 3 is 2.95 bits per heavy atom. The van der Waals surface area contributed by atoms with Crippen molar-refractivity contribution in [3.63, 3.8) is 0 Å². The molecular formula is C13H20N4O2S2. The van der Waals surface area contributed by atoms with E-state index < -0.39 is 10.0 Å². The van der Waals surface area contributed by atoms with Crippen molar-refractivity contribution in [1.82, 2.24) is 19.6 Å². The normalized spacial score (nSPS) is 11.9. The molecule has 0 aliphatic rings. The molecule has 0 atom stereocenters. The zero-order chi connectivity index (χ0) is 15.1. The molecule has 0 spiro atoms. The van der Waals surface area contributed by atoms with E-state index in [4.69, 9.17) is 0 Å². The minimum atomic E-state index is -3.42. The van der Waals surface area contributed by atoms with Crippen LogP contribution in [0.25, 0.3) is 0 Å². The zero-order valence-electron chi connectivity index (χ0n) is 11.9. The molecule has 2 aromatic rings. The van der Waals surface area contributed by atoms with Crippen molar-refractivity contribution < 1.29 is 8.42 Å². The van der Waals surface area contributed by atoms with Gasteiger partial charge < -0.3 is 9.88 Å². The van der Waals surface area contributed by atoms with E-state index in [1.165, 1.54) is 11.3 Å². The average Bonchev–Trinajstić information content (AvgIpc) is 3.10. The molecule has 0 aliphatic carbocycles. The number of nitrogens with one attached hydrogen (secondary N) is 2. The molecule has 0 aliphatic heterocycles. The second kappa shape index (κ2) is 7.69. The molecule has 8 heteroatoms. The standard InChI is InChI=1S/C13H20N4O2S2/c1-2-3-14-9-12-8-13(10-20-12)21(18,19)16-5-7-17-6-4-15-11-17/h4,6,8,10-11,14,16H,2-3,5,7,9H2,1H3. The maximum Gasteiger partial charge on any atom is 0.241 e. The lowest BCUT2D eigenvalue weighted by Crippen LogP contribution is -2.26. The molecule has 21 heavy (non-hydrogen) atoms. The van der Waals surface area contributed by atoms with E-state index in [1.807, 2.05) is 4.57 Å². The molecule has 2 N–H and O–H groups in total. The SMILES string of the molecule is CCCNCc1cc(S(=O)(=O)NCCn2ccnc2)cs1. The Kier molecular flexibility index (Phi) is 5.92. The number of sulfonamides is 1. The smallest absolute Gasteiger partial charge is 0.241 e. The van der Waals surface area contributed by atoms with E-state index >= 15 is 0 Å². The number of imidazole rings is 1. The lowest BCUT2D eigenvalue weighted by molar-refractivity contribution is 0.573. The molecule has 0 bridgehead atoms. The molecule has 0 unspecified atom stereocenters. The van der Waals surface area contributed by atoms with Crippen molar-refractivity contribution in [2.75, 3.05) is 13.1 Å². The van der Waals surface area contributed by atoms with Crippen LogP contribution in [0.4, 0.5) is 0 Å². The zero-order valence-corrected chi connectivity index (χ0v) is 13.6. The lowest BCUT2D eigenvalue weighted by Gasteiger charge is -2.05. The Morgan fingerprint density at radius 1 is 1.38 bits per heavy atom. The highest BCUT2D eigenvalue weighted by Crippen LogP contribution is 2.18. The van der Waals surface area contributed by atoms with E-state index in [9.17, 15) is 8.42 Å². The van der Waals surface area contributed by atoms with Crippen molar-refractivity contribution in [2.24, 2.45) is 0 Å². The summed E-state index contributed by atoms with van der Waals surface area (Å²) >= 11 is 1.46. The van der Waals surface area contributed by atoms with Gasteiger partial charge in [0.15, 0.2) is 0 Å². The summed E-state index contributed by atoms with van der Waals surface area (Å²) in [6.07, 6.45) is 6.20. The van der Waals surface area contributed by atoms with Gasteiger partial charge in [-0.2, -0.15) is 0 Å². The highest BCUT2D eigenvalue weighted by molar-refractivity contribution is 7.89. The van der Waals surface area contributed by atoms with Gasteiger partial charge in [-0.05, 0) is 19.0 Å². The lowest BCUT2D eigenvalue weighted by atomic mass is 10.4. The monoisotopic (exact) mass is 328 g/mol. The number of aromatic nitrogens is 2. The fourth-order valence-electron chi connectivity index (χ4n) is 1.79. The number of thiophene rings is 1. The molecule has 0 radical (unpaired) electrons.